The number of carbonyl (C=O) groups is 2. The lowest BCUT2D eigenvalue weighted by Crippen LogP contribution is -2.29. The first-order chi connectivity index (χ1) is 11.8. The van der Waals surface area contributed by atoms with Gasteiger partial charge >= 0.3 is 0 Å². The molecule has 0 spiro atoms. The van der Waals surface area contributed by atoms with Gasteiger partial charge in [0.25, 0.3) is 17.2 Å². The van der Waals surface area contributed by atoms with E-state index in [1.54, 1.807) is 0 Å². The van der Waals surface area contributed by atoms with Crippen molar-refractivity contribution in [3.8, 4) is 0 Å². The maximum Gasteiger partial charge on any atom is 0.269 e. The number of aromatic amines is 1. The molecule has 0 saturated carbocycles. The summed E-state index contributed by atoms with van der Waals surface area (Å²) in [6, 6.07) is 6.56. The number of fused-ring (bicyclic) bond motifs is 1. The molecule has 1 atom stereocenters. The number of benzene rings is 1. The molecule has 0 aliphatic heterocycles. The zero-order chi connectivity index (χ0) is 18.1. The quantitative estimate of drug-likeness (QED) is 0.655. The third kappa shape index (κ3) is 3.32. The average molecular weight is 341 g/mol. The maximum absolute atomic E-state index is 12.3. The number of nitro benzene ring substituents is 1. The highest BCUT2D eigenvalue weighted by Gasteiger charge is 2.25. The van der Waals surface area contributed by atoms with E-state index in [1.807, 2.05) is 6.92 Å². The van der Waals surface area contributed by atoms with Crippen molar-refractivity contribution in [1.29, 1.82) is 0 Å². The summed E-state index contributed by atoms with van der Waals surface area (Å²) >= 11 is 0. The van der Waals surface area contributed by atoms with Gasteiger partial charge in [-0.05, 0) is 30.5 Å². The van der Waals surface area contributed by atoms with Gasteiger partial charge < -0.3 is 10.3 Å². The normalized spacial score (nSPS) is 16.2. The summed E-state index contributed by atoms with van der Waals surface area (Å²) < 4.78 is 0. The number of ketones is 1. The minimum Gasteiger partial charge on any atom is -0.325 e. The van der Waals surface area contributed by atoms with Gasteiger partial charge in [-0.1, -0.05) is 6.92 Å². The van der Waals surface area contributed by atoms with E-state index in [1.165, 1.54) is 30.3 Å². The summed E-state index contributed by atoms with van der Waals surface area (Å²) in [5, 5.41) is 13.1. The fourth-order valence-corrected chi connectivity index (χ4v) is 2.86. The average Bonchev–Trinajstić information content (AvgIpc) is 2.54. The third-order valence-corrected chi connectivity index (χ3v) is 4.09. The van der Waals surface area contributed by atoms with Gasteiger partial charge in [0.05, 0.1) is 4.92 Å². The molecule has 0 radical (unpaired) electrons. The van der Waals surface area contributed by atoms with Crippen LogP contribution in [0.1, 0.15) is 39.8 Å². The van der Waals surface area contributed by atoms with Crippen LogP contribution in [0.3, 0.4) is 0 Å². The van der Waals surface area contributed by atoms with Crippen LogP contribution in [0.25, 0.3) is 0 Å². The van der Waals surface area contributed by atoms with Crippen molar-refractivity contribution in [3.63, 3.8) is 0 Å². The number of anilines is 1. The Balaban J connectivity index is 1.87. The number of hydrogen-bond acceptors (Lipinski definition) is 5. The lowest BCUT2D eigenvalue weighted by atomic mass is 9.86. The fraction of sp³-hybridized carbons (Fsp3) is 0.235. The minimum atomic E-state index is -0.677. The second-order valence-electron chi connectivity index (χ2n) is 6.10. The number of nitro groups is 1. The first kappa shape index (κ1) is 16.6. The van der Waals surface area contributed by atoms with E-state index in [2.05, 4.69) is 10.3 Å². The first-order valence-electron chi connectivity index (χ1n) is 7.70. The van der Waals surface area contributed by atoms with Gasteiger partial charge in [-0.3, -0.25) is 24.5 Å². The smallest absolute Gasteiger partial charge is 0.269 e. The summed E-state index contributed by atoms with van der Waals surface area (Å²) in [6.45, 7) is 1.92. The van der Waals surface area contributed by atoms with E-state index in [-0.39, 0.29) is 23.0 Å². The van der Waals surface area contributed by atoms with Gasteiger partial charge in [-0.15, -0.1) is 0 Å². The number of nitrogens with zero attached hydrogens (tertiary/aromatic N) is 1. The van der Waals surface area contributed by atoms with E-state index in [9.17, 15) is 24.5 Å². The monoisotopic (exact) mass is 341 g/mol. The van der Waals surface area contributed by atoms with Crippen molar-refractivity contribution >= 4 is 23.1 Å². The van der Waals surface area contributed by atoms with Crippen LogP contribution < -0.4 is 10.9 Å². The number of amides is 1. The Morgan fingerprint density at radius 2 is 1.92 bits per heavy atom. The highest BCUT2D eigenvalue weighted by molar-refractivity contribution is 6.06. The van der Waals surface area contributed by atoms with Crippen LogP contribution in [0.15, 0.2) is 35.1 Å². The summed E-state index contributed by atoms with van der Waals surface area (Å²) in [6.07, 6.45) is 0.961. The zero-order valence-electron chi connectivity index (χ0n) is 13.4. The van der Waals surface area contributed by atoms with Crippen LogP contribution in [-0.4, -0.2) is 21.6 Å². The number of aromatic nitrogens is 1. The molecule has 1 aliphatic carbocycles. The van der Waals surface area contributed by atoms with Crippen LogP contribution in [0.2, 0.25) is 0 Å². The molecule has 0 fully saturated rings. The lowest BCUT2D eigenvalue weighted by molar-refractivity contribution is -0.384. The molecule has 2 aromatic rings. The van der Waals surface area contributed by atoms with E-state index >= 15 is 0 Å². The topological polar surface area (TPSA) is 122 Å². The second-order valence-corrected chi connectivity index (χ2v) is 6.10. The highest BCUT2D eigenvalue weighted by atomic mass is 16.6. The largest absolute Gasteiger partial charge is 0.325 e. The van der Waals surface area contributed by atoms with Crippen LogP contribution in [0.5, 0.6) is 0 Å². The minimum absolute atomic E-state index is 0.102. The van der Waals surface area contributed by atoms with Gasteiger partial charge in [0.2, 0.25) is 0 Å². The van der Waals surface area contributed by atoms with Crippen LogP contribution in [0.4, 0.5) is 11.4 Å². The Labute approximate surface area is 142 Å². The Morgan fingerprint density at radius 3 is 2.56 bits per heavy atom. The molecule has 8 heteroatoms. The predicted octanol–water partition coefficient (Wildman–Crippen LogP) is 2.30. The summed E-state index contributed by atoms with van der Waals surface area (Å²) in [7, 11) is 0. The molecule has 0 bridgehead atoms. The first-order valence-corrected chi connectivity index (χ1v) is 7.70. The molecule has 25 heavy (non-hydrogen) atoms. The van der Waals surface area contributed by atoms with Crippen molar-refractivity contribution in [3.05, 3.63) is 67.6 Å². The predicted molar refractivity (Wildman–Crippen MR) is 89.9 cm³/mol. The molecule has 1 aliphatic rings. The molecule has 1 heterocycles. The number of non-ortho nitro benzene ring substituents is 1. The molecule has 1 amide bonds. The molecular weight excluding hydrogens is 326 g/mol. The van der Waals surface area contributed by atoms with Gasteiger partial charge in [-0.2, -0.15) is 0 Å². The highest BCUT2D eigenvalue weighted by Crippen LogP contribution is 2.23. The van der Waals surface area contributed by atoms with Gasteiger partial charge in [0.15, 0.2) is 5.78 Å². The molecular formula is C17H15N3O5. The van der Waals surface area contributed by atoms with Crippen molar-refractivity contribution in [1.82, 2.24) is 4.98 Å². The molecule has 2 N–H and O–H groups in total. The SMILES string of the molecule is CC1CC(=O)c2cc(C(=O)Nc3ccc([N+](=O)[O-])cc3)c(=O)[nH]c2C1. The van der Waals surface area contributed by atoms with Gasteiger partial charge in [0.1, 0.15) is 5.56 Å². The van der Waals surface area contributed by atoms with Crippen LogP contribution in [0, 0.1) is 16.0 Å². The Hall–Kier alpha value is -3.29. The Morgan fingerprint density at radius 1 is 1.24 bits per heavy atom. The van der Waals surface area contributed by atoms with Crippen molar-refractivity contribution in [2.45, 2.75) is 19.8 Å². The van der Waals surface area contributed by atoms with Crippen molar-refractivity contribution in [2.24, 2.45) is 5.92 Å². The second kappa shape index (κ2) is 6.31. The molecule has 1 unspecified atom stereocenters. The van der Waals surface area contributed by atoms with Gasteiger partial charge in [-0.25, -0.2) is 0 Å². The van der Waals surface area contributed by atoms with E-state index in [4.69, 9.17) is 0 Å². The number of H-pyrrole nitrogens is 1. The number of carbonyl (C=O) groups excluding carboxylic acids is 2. The lowest BCUT2D eigenvalue weighted by Gasteiger charge is -2.20. The van der Waals surface area contributed by atoms with E-state index < -0.39 is 16.4 Å². The van der Waals surface area contributed by atoms with Crippen molar-refractivity contribution in [2.75, 3.05) is 5.32 Å². The molecule has 3 rings (SSSR count). The van der Waals surface area contributed by atoms with E-state index in [0.29, 0.717) is 29.8 Å². The van der Waals surface area contributed by atoms with Crippen LogP contribution in [-0.2, 0) is 6.42 Å². The summed E-state index contributed by atoms with van der Waals surface area (Å²) in [5.41, 5.74) is 0.393. The maximum atomic E-state index is 12.3. The van der Waals surface area contributed by atoms with Crippen LogP contribution >= 0.6 is 0 Å². The molecule has 128 valence electrons. The number of Topliss-reactive ketones (excluding diaryl/α,β-unsaturated/α-hetero) is 1. The van der Waals surface area contributed by atoms with E-state index in [0.717, 1.165) is 0 Å². The Bertz CT molecular complexity index is 930. The van der Waals surface area contributed by atoms with Crippen molar-refractivity contribution < 1.29 is 14.5 Å². The molecule has 1 aromatic heterocycles. The van der Waals surface area contributed by atoms with Gasteiger partial charge in [0, 0.05) is 35.5 Å². The summed E-state index contributed by atoms with van der Waals surface area (Å²) in [4.78, 5) is 49.3. The molecule has 1 aromatic carbocycles. The third-order valence-electron chi connectivity index (χ3n) is 4.09. The zero-order valence-corrected chi connectivity index (χ0v) is 13.4. The molecule has 8 nitrogen and oxygen atoms in total. The number of pyridine rings is 1. The fourth-order valence-electron chi connectivity index (χ4n) is 2.86. The standard InChI is InChI=1S/C17H15N3O5/c1-9-6-14-12(15(21)7-9)8-13(17(23)19-14)16(22)18-10-2-4-11(5-3-10)20(24)25/h2-5,8-9H,6-7H2,1H3,(H,18,22)(H,19,23). The molecule has 0 saturated heterocycles. The number of hydrogen-bond donors (Lipinski definition) is 2. The summed E-state index contributed by atoms with van der Waals surface area (Å²) in [5.74, 6) is -0.630. The Kier molecular flexibility index (Phi) is 4.18. The number of nitrogens with one attached hydrogen (secondary N) is 2. The number of rotatable bonds is 3.